The van der Waals surface area contributed by atoms with Crippen molar-refractivity contribution in [3.8, 4) is 10.4 Å². The predicted octanol–water partition coefficient (Wildman–Crippen LogP) is 4.34. The summed E-state index contributed by atoms with van der Waals surface area (Å²) in [5.74, 6) is -0.241. The van der Waals surface area contributed by atoms with Crippen LogP contribution in [0.15, 0.2) is 24.3 Å². The van der Waals surface area contributed by atoms with Crippen LogP contribution < -0.4 is 0 Å². The van der Waals surface area contributed by atoms with Crippen LogP contribution in [0.1, 0.15) is 22.3 Å². The molecule has 0 amide bonds. The van der Waals surface area contributed by atoms with E-state index in [1.807, 2.05) is 0 Å². The molecular formula is C13H8ClFOS. The first kappa shape index (κ1) is 10.9. The number of thiophene rings is 1. The first-order chi connectivity index (χ1) is 8.18. The Labute approximate surface area is 107 Å². The number of Topliss-reactive ketones (excluding diaryl/α,β-unsaturated/α-hetero) is 1. The number of rotatable bonds is 1. The van der Waals surface area contributed by atoms with E-state index < -0.39 is 0 Å². The number of fused-ring (bicyclic) bond motifs is 1. The van der Waals surface area contributed by atoms with Gasteiger partial charge in [-0.2, -0.15) is 0 Å². The Hall–Kier alpha value is -1.19. The highest BCUT2D eigenvalue weighted by atomic mass is 35.5. The van der Waals surface area contributed by atoms with Crippen molar-refractivity contribution in [1.82, 2.24) is 0 Å². The molecule has 1 heterocycles. The number of hydrogen-bond acceptors (Lipinski definition) is 2. The smallest absolute Gasteiger partial charge is 0.165 e. The number of ketones is 1. The van der Waals surface area contributed by atoms with Gasteiger partial charge in [0.05, 0.1) is 4.34 Å². The number of halogens is 2. The lowest BCUT2D eigenvalue weighted by atomic mass is 10.1. The van der Waals surface area contributed by atoms with Crippen LogP contribution in [0, 0.1) is 5.82 Å². The van der Waals surface area contributed by atoms with Crippen LogP contribution in [0.5, 0.6) is 0 Å². The second-order valence-corrected chi connectivity index (χ2v) is 5.58. The summed E-state index contributed by atoms with van der Waals surface area (Å²) < 4.78 is 14.3. The van der Waals surface area contributed by atoms with Crippen LogP contribution in [0.4, 0.5) is 4.39 Å². The van der Waals surface area contributed by atoms with Crippen molar-refractivity contribution >= 4 is 28.7 Å². The van der Waals surface area contributed by atoms with Gasteiger partial charge in [0.1, 0.15) is 5.82 Å². The molecular weight excluding hydrogens is 259 g/mol. The lowest BCUT2D eigenvalue weighted by Crippen LogP contribution is -1.93. The highest BCUT2D eigenvalue weighted by molar-refractivity contribution is 7.20. The predicted molar refractivity (Wildman–Crippen MR) is 67.4 cm³/mol. The highest BCUT2D eigenvalue weighted by Gasteiger charge is 2.29. The standard InChI is InChI=1S/C13H8ClFOS/c14-13-8-5-6-10(16)11(8)12(17-13)7-3-1-2-4-9(7)15/h1-4H,5-6H2. The van der Waals surface area contributed by atoms with Crippen molar-refractivity contribution in [1.29, 1.82) is 0 Å². The van der Waals surface area contributed by atoms with Crippen molar-refractivity contribution < 1.29 is 9.18 Å². The molecule has 0 aliphatic heterocycles. The maximum Gasteiger partial charge on any atom is 0.165 e. The van der Waals surface area contributed by atoms with Crippen LogP contribution in [0.2, 0.25) is 4.34 Å². The molecule has 0 atom stereocenters. The molecule has 0 spiro atoms. The Bertz CT molecular complexity index is 618. The Morgan fingerprint density at radius 1 is 1.24 bits per heavy atom. The Balaban J connectivity index is 2.27. The van der Waals surface area contributed by atoms with Gasteiger partial charge in [-0.3, -0.25) is 4.79 Å². The maximum absolute atomic E-state index is 13.7. The van der Waals surface area contributed by atoms with E-state index in [1.54, 1.807) is 18.2 Å². The first-order valence-electron chi connectivity index (χ1n) is 5.27. The number of hydrogen-bond donors (Lipinski definition) is 0. The number of carbonyl (C=O) groups excluding carboxylic acids is 1. The molecule has 0 N–H and O–H groups in total. The molecule has 0 fully saturated rings. The van der Waals surface area contributed by atoms with E-state index in [-0.39, 0.29) is 11.6 Å². The number of benzene rings is 1. The summed E-state index contributed by atoms with van der Waals surface area (Å²) in [4.78, 5) is 12.5. The Morgan fingerprint density at radius 3 is 2.76 bits per heavy atom. The lowest BCUT2D eigenvalue weighted by Gasteiger charge is -2.01. The van der Waals surface area contributed by atoms with Crippen LogP contribution >= 0.6 is 22.9 Å². The van der Waals surface area contributed by atoms with Gasteiger partial charge in [-0.05, 0) is 18.1 Å². The third kappa shape index (κ3) is 1.61. The van der Waals surface area contributed by atoms with E-state index in [9.17, 15) is 9.18 Å². The molecule has 1 aromatic carbocycles. The molecule has 0 bridgehead atoms. The van der Waals surface area contributed by atoms with E-state index in [0.29, 0.717) is 33.2 Å². The van der Waals surface area contributed by atoms with Gasteiger partial charge in [0.2, 0.25) is 0 Å². The van der Waals surface area contributed by atoms with Gasteiger partial charge in [-0.15, -0.1) is 11.3 Å². The number of carbonyl (C=O) groups is 1. The normalized spacial score (nSPS) is 14.1. The van der Waals surface area contributed by atoms with Gasteiger partial charge in [-0.25, -0.2) is 4.39 Å². The molecule has 86 valence electrons. The van der Waals surface area contributed by atoms with Gasteiger partial charge in [0, 0.05) is 22.4 Å². The zero-order valence-electron chi connectivity index (χ0n) is 8.80. The van der Waals surface area contributed by atoms with Gasteiger partial charge in [-0.1, -0.05) is 29.8 Å². The molecule has 1 aliphatic carbocycles. The minimum Gasteiger partial charge on any atom is -0.294 e. The molecule has 4 heteroatoms. The summed E-state index contributed by atoms with van der Waals surface area (Å²) in [5, 5.41) is 0. The minimum atomic E-state index is -0.312. The fourth-order valence-corrected chi connectivity index (χ4v) is 3.70. The summed E-state index contributed by atoms with van der Waals surface area (Å²) in [6.07, 6.45) is 1.16. The molecule has 1 aromatic heterocycles. The summed E-state index contributed by atoms with van der Waals surface area (Å²) in [6.45, 7) is 0. The van der Waals surface area contributed by atoms with E-state index >= 15 is 0 Å². The molecule has 1 nitrogen and oxygen atoms in total. The Morgan fingerprint density at radius 2 is 2.00 bits per heavy atom. The monoisotopic (exact) mass is 266 g/mol. The summed E-state index contributed by atoms with van der Waals surface area (Å²) >= 11 is 7.39. The average molecular weight is 267 g/mol. The quantitative estimate of drug-likeness (QED) is 0.751. The first-order valence-corrected chi connectivity index (χ1v) is 6.47. The van der Waals surface area contributed by atoms with Gasteiger partial charge in [0.15, 0.2) is 5.78 Å². The van der Waals surface area contributed by atoms with Crippen molar-refractivity contribution in [2.45, 2.75) is 12.8 Å². The SMILES string of the molecule is O=C1CCc2c(Cl)sc(-c3ccccc3F)c21. The van der Waals surface area contributed by atoms with Crippen LogP contribution in [-0.4, -0.2) is 5.78 Å². The van der Waals surface area contributed by atoms with Crippen molar-refractivity contribution in [3.05, 3.63) is 45.5 Å². The van der Waals surface area contributed by atoms with Gasteiger partial charge >= 0.3 is 0 Å². The second kappa shape index (κ2) is 3.93. The van der Waals surface area contributed by atoms with Crippen LogP contribution in [0.25, 0.3) is 10.4 Å². The van der Waals surface area contributed by atoms with Crippen molar-refractivity contribution in [3.63, 3.8) is 0 Å². The van der Waals surface area contributed by atoms with E-state index in [0.717, 1.165) is 5.56 Å². The molecule has 2 aromatic rings. The average Bonchev–Trinajstić information content (AvgIpc) is 2.83. The fraction of sp³-hybridized carbons (Fsp3) is 0.154. The topological polar surface area (TPSA) is 17.1 Å². The van der Waals surface area contributed by atoms with Crippen molar-refractivity contribution in [2.24, 2.45) is 0 Å². The zero-order valence-corrected chi connectivity index (χ0v) is 10.4. The van der Waals surface area contributed by atoms with E-state index in [4.69, 9.17) is 11.6 Å². The third-order valence-electron chi connectivity index (χ3n) is 2.96. The largest absolute Gasteiger partial charge is 0.294 e. The summed E-state index contributed by atoms with van der Waals surface area (Å²) in [5.41, 5.74) is 1.99. The van der Waals surface area contributed by atoms with E-state index in [2.05, 4.69) is 0 Å². The molecule has 3 rings (SSSR count). The van der Waals surface area contributed by atoms with Gasteiger partial charge < -0.3 is 0 Å². The molecule has 0 saturated carbocycles. The molecule has 17 heavy (non-hydrogen) atoms. The molecule has 0 radical (unpaired) electrons. The lowest BCUT2D eigenvalue weighted by molar-refractivity contribution is 0.0995. The maximum atomic E-state index is 13.7. The molecule has 0 unspecified atom stereocenters. The second-order valence-electron chi connectivity index (χ2n) is 3.96. The highest BCUT2D eigenvalue weighted by Crippen LogP contribution is 2.44. The zero-order chi connectivity index (χ0) is 12.0. The van der Waals surface area contributed by atoms with Gasteiger partial charge in [0.25, 0.3) is 0 Å². The molecule has 0 saturated heterocycles. The minimum absolute atomic E-state index is 0.0707. The fourth-order valence-electron chi connectivity index (χ4n) is 2.15. The summed E-state index contributed by atoms with van der Waals surface area (Å²) in [6, 6.07) is 6.48. The Kier molecular flexibility index (Phi) is 2.53. The molecule has 1 aliphatic rings. The van der Waals surface area contributed by atoms with Crippen molar-refractivity contribution in [2.75, 3.05) is 0 Å². The van der Waals surface area contributed by atoms with E-state index in [1.165, 1.54) is 17.4 Å². The van der Waals surface area contributed by atoms with Crippen LogP contribution in [0.3, 0.4) is 0 Å². The summed E-state index contributed by atoms with van der Waals surface area (Å²) in [7, 11) is 0. The van der Waals surface area contributed by atoms with Crippen LogP contribution in [-0.2, 0) is 6.42 Å². The third-order valence-corrected chi connectivity index (χ3v) is 4.47.